The topological polar surface area (TPSA) is 69.0 Å². The van der Waals surface area contributed by atoms with Crippen LogP contribution < -0.4 is 10.1 Å². The van der Waals surface area contributed by atoms with Crippen molar-refractivity contribution < 1.29 is 9.53 Å². The molecule has 4 rings (SSSR count). The maximum Gasteiger partial charge on any atom is 0.233 e. The first kappa shape index (κ1) is 21.6. The average Bonchev–Trinajstić information content (AvgIpc) is 3.27. The highest BCUT2D eigenvalue weighted by Gasteiger charge is 2.22. The van der Waals surface area contributed by atoms with Crippen LogP contribution in [-0.2, 0) is 11.3 Å². The number of hydrogen-bond acceptors (Lipinski definition) is 5. The van der Waals surface area contributed by atoms with Crippen LogP contribution in [0.2, 0.25) is 0 Å². The zero-order chi connectivity index (χ0) is 22.3. The second-order valence-electron chi connectivity index (χ2n) is 7.17. The molecule has 4 aromatic rings. The molecule has 0 saturated heterocycles. The average molecular weight is 445 g/mol. The third kappa shape index (κ3) is 5.00. The van der Waals surface area contributed by atoms with Crippen LogP contribution in [0.4, 0.5) is 0 Å². The maximum atomic E-state index is 12.7. The lowest BCUT2D eigenvalue weighted by Crippen LogP contribution is -2.30. The largest absolute Gasteiger partial charge is 0.497 e. The molecule has 7 heteroatoms. The second-order valence-corrected chi connectivity index (χ2v) is 8.48. The van der Waals surface area contributed by atoms with E-state index in [9.17, 15) is 4.79 Å². The van der Waals surface area contributed by atoms with Gasteiger partial charge in [-0.15, -0.1) is 10.2 Å². The van der Waals surface area contributed by atoms with E-state index >= 15 is 0 Å². The minimum absolute atomic E-state index is 0.0515. The summed E-state index contributed by atoms with van der Waals surface area (Å²) >= 11 is 1.38. The van der Waals surface area contributed by atoms with Gasteiger partial charge in [0.2, 0.25) is 5.91 Å². The predicted octanol–water partition coefficient (Wildman–Crippen LogP) is 4.74. The monoisotopic (exact) mass is 444 g/mol. The van der Waals surface area contributed by atoms with Crippen LogP contribution in [0.3, 0.4) is 0 Å². The molecule has 1 aromatic heterocycles. The maximum absolute atomic E-state index is 12.7. The summed E-state index contributed by atoms with van der Waals surface area (Å²) < 4.78 is 7.35. The van der Waals surface area contributed by atoms with Crippen LogP contribution in [0.1, 0.15) is 12.5 Å². The summed E-state index contributed by atoms with van der Waals surface area (Å²) in [5.41, 5.74) is 2.87. The lowest BCUT2D eigenvalue weighted by atomic mass is 10.2. The quantitative estimate of drug-likeness (QED) is 0.398. The standard InChI is InChI=1S/C25H24N4O2S/c1-18(24(30)26-17-19-10-5-3-6-11-19)32-25-28-27-23(20-12-9-15-22(16-20)31-2)29(25)21-13-7-4-8-14-21/h3-16,18H,17H2,1-2H3,(H,26,30). The third-order valence-corrected chi connectivity index (χ3v) is 5.98. The van der Waals surface area contributed by atoms with Crippen molar-refractivity contribution in [2.24, 2.45) is 0 Å². The molecule has 1 amide bonds. The Hall–Kier alpha value is -3.58. The Bertz CT molecular complexity index is 1180. The molecule has 162 valence electrons. The molecule has 32 heavy (non-hydrogen) atoms. The molecule has 1 atom stereocenters. The summed E-state index contributed by atoms with van der Waals surface area (Å²) in [4.78, 5) is 12.7. The molecule has 1 N–H and O–H groups in total. The van der Waals surface area contributed by atoms with Gasteiger partial charge in [0, 0.05) is 17.8 Å². The van der Waals surface area contributed by atoms with Gasteiger partial charge in [-0.05, 0) is 36.8 Å². The number of carbonyl (C=O) groups is 1. The molecule has 1 heterocycles. The molecule has 6 nitrogen and oxygen atoms in total. The molecular formula is C25H24N4O2S. The van der Waals surface area contributed by atoms with Gasteiger partial charge in [0.15, 0.2) is 11.0 Å². The number of thioether (sulfide) groups is 1. The summed E-state index contributed by atoms with van der Waals surface area (Å²) in [5.74, 6) is 1.38. The number of nitrogens with zero attached hydrogens (tertiary/aromatic N) is 3. The number of nitrogens with one attached hydrogen (secondary N) is 1. The van der Waals surface area contributed by atoms with Gasteiger partial charge in [-0.1, -0.05) is 72.4 Å². The van der Waals surface area contributed by atoms with E-state index in [-0.39, 0.29) is 11.2 Å². The van der Waals surface area contributed by atoms with Gasteiger partial charge >= 0.3 is 0 Å². The van der Waals surface area contributed by atoms with Crippen molar-refractivity contribution in [2.45, 2.75) is 23.9 Å². The number of ether oxygens (including phenoxy) is 1. The van der Waals surface area contributed by atoms with Crippen LogP contribution in [-0.4, -0.2) is 33.0 Å². The van der Waals surface area contributed by atoms with Gasteiger partial charge in [0.05, 0.1) is 12.4 Å². The van der Waals surface area contributed by atoms with Crippen LogP contribution in [0, 0.1) is 0 Å². The zero-order valence-corrected chi connectivity index (χ0v) is 18.8. The third-order valence-electron chi connectivity index (χ3n) is 4.94. The van der Waals surface area contributed by atoms with Crippen LogP contribution in [0.5, 0.6) is 5.75 Å². The lowest BCUT2D eigenvalue weighted by Gasteiger charge is -2.14. The van der Waals surface area contributed by atoms with Crippen LogP contribution >= 0.6 is 11.8 Å². The minimum Gasteiger partial charge on any atom is -0.497 e. The summed E-state index contributed by atoms with van der Waals surface area (Å²) in [6.45, 7) is 2.37. The van der Waals surface area contributed by atoms with Crippen molar-refractivity contribution in [3.63, 3.8) is 0 Å². The molecule has 0 aliphatic carbocycles. The van der Waals surface area contributed by atoms with Gasteiger partial charge in [-0.3, -0.25) is 9.36 Å². The van der Waals surface area contributed by atoms with E-state index in [2.05, 4.69) is 15.5 Å². The fourth-order valence-electron chi connectivity index (χ4n) is 3.25. The normalized spacial score (nSPS) is 11.7. The SMILES string of the molecule is COc1cccc(-c2nnc(SC(C)C(=O)NCc3ccccc3)n2-c2ccccc2)c1. The predicted molar refractivity (Wildman–Crippen MR) is 127 cm³/mol. The lowest BCUT2D eigenvalue weighted by molar-refractivity contribution is -0.120. The fraction of sp³-hybridized carbons (Fsp3) is 0.160. The van der Waals surface area contributed by atoms with Crippen molar-refractivity contribution in [2.75, 3.05) is 7.11 Å². The van der Waals surface area contributed by atoms with E-state index in [4.69, 9.17) is 4.74 Å². The molecule has 0 aliphatic heterocycles. The molecule has 0 spiro atoms. The highest BCUT2D eigenvalue weighted by atomic mass is 32.2. The number of amides is 1. The van der Waals surface area contributed by atoms with Gasteiger partial charge in [0.25, 0.3) is 0 Å². The molecule has 0 aliphatic rings. The smallest absolute Gasteiger partial charge is 0.233 e. The second kappa shape index (κ2) is 10.2. The summed E-state index contributed by atoms with van der Waals surface area (Å²) in [6.07, 6.45) is 0. The van der Waals surface area contributed by atoms with E-state index in [1.165, 1.54) is 11.8 Å². The molecule has 1 unspecified atom stereocenters. The fourth-order valence-corrected chi connectivity index (χ4v) is 4.14. The number of benzene rings is 3. The van der Waals surface area contributed by atoms with Crippen molar-refractivity contribution in [1.82, 2.24) is 20.1 Å². The van der Waals surface area contributed by atoms with Crippen LogP contribution in [0.15, 0.2) is 90.1 Å². The number of hydrogen-bond donors (Lipinski definition) is 1. The van der Waals surface area contributed by atoms with Gasteiger partial charge in [-0.2, -0.15) is 0 Å². The number of aromatic nitrogens is 3. The number of para-hydroxylation sites is 1. The summed E-state index contributed by atoms with van der Waals surface area (Å²) in [5, 5.41) is 12.2. The molecule has 0 radical (unpaired) electrons. The van der Waals surface area contributed by atoms with E-state index in [0.29, 0.717) is 17.5 Å². The van der Waals surface area contributed by atoms with E-state index in [1.54, 1.807) is 7.11 Å². The van der Waals surface area contributed by atoms with E-state index in [0.717, 1.165) is 22.6 Å². The Kier molecular flexibility index (Phi) is 6.87. The van der Waals surface area contributed by atoms with Gasteiger partial charge < -0.3 is 10.1 Å². The number of carbonyl (C=O) groups excluding carboxylic acids is 1. The Morgan fingerprint density at radius 1 is 1.00 bits per heavy atom. The molecule has 0 saturated carbocycles. The van der Waals surface area contributed by atoms with Gasteiger partial charge in [0.1, 0.15) is 5.75 Å². The van der Waals surface area contributed by atoms with Crippen molar-refractivity contribution >= 4 is 17.7 Å². The molecule has 0 fully saturated rings. The van der Waals surface area contributed by atoms with E-state index < -0.39 is 0 Å². The highest BCUT2D eigenvalue weighted by molar-refractivity contribution is 8.00. The minimum atomic E-state index is -0.344. The first-order chi connectivity index (χ1) is 15.7. The number of rotatable bonds is 8. The van der Waals surface area contributed by atoms with E-state index in [1.807, 2.05) is 96.4 Å². The van der Waals surface area contributed by atoms with Gasteiger partial charge in [-0.25, -0.2) is 0 Å². The zero-order valence-electron chi connectivity index (χ0n) is 17.9. The number of methoxy groups -OCH3 is 1. The molecule has 0 bridgehead atoms. The Morgan fingerprint density at radius 2 is 1.72 bits per heavy atom. The van der Waals surface area contributed by atoms with Crippen molar-refractivity contribution in [3.8, 4) is 22.8 Å². The molecular weight excluding hydrogens is 420 g/mol. The summed E-state index contributed by atoms with van der Waals surface area (Å²) in [7, 11) is 1.64. The van der Waals surface area contributed by atoms with Crippen molar-refractivity contribution in [1.29, 1.82) is 0 Å². The summed E-state index contributed by atoms with van der Waals surface area (Å²) in [6, 6.07) is 27.5. The Labute approximate surface area is 191 Å². The highest BCUT2D eigenvalue weighted by Crippen LogP contribution is 2.31. The Morgan fingerprint density at radius 3 is 2.44 bits per heavy atom. The first-order valence-corrected chi connectivity index (χ1v) is 11.2. The Balaban J connectivity index is 1.59. The first-order valence-electron chi connectivity index (χ1n) is 10.3. The van der Waals surface area contributed by atoms with Crippen molar-refractivity contribution in [3.05, 3.63) is 90.5 Å². The molecule has 3 aromatic carbocycles. The van der Waals surface area contributed by atoms with Crippen LogP contribution in [0.25, 0.3) is 17.1 Å².